The summed E-state index contributed by atoms with van der Waals surface area (Å²) < 4.78 is 17.2. The van der Waals surface area contributed by atoms with Crippen molar-refractivity contribution in [2.24, 2.45) is 0 Å². The van der Waals surface area contributed by atoms with Gasteiger partial charge in [-0.1, -0.05) is 17.8 Å². The highest BCUT2D eigenvalue weighted by Gasteiger charge is 2.20. The van der Waals surface area contributed by atoms with Gasteiger partial charge in [0.1, 0.15) is 5.75 Å². The minimum absolute atomic E-state index is 0.133. The average molecular weight is 427 g/mol. The second kappa shape index (κ2) is 8.54. The lowest BCUT2D eigenvalue weighted by molar-refractivity contribution is -0.120. The monoisotopic (exact) mass is 427 g/mol. The number of rotatable bonds is 7. The number of hydrogen-bond donors (Lipinski definition) is 2. The minimum atomic E-state index is -0.408. The van der Waals surface area contributed by atoms with Crippen LogP contribution in [0, 0.1) is 0 Å². The Kier molecular flexibility index (Phi) is 5.66. The largest absolute Gasteiger partial charge is 0.497 e. The van der Waals surface area contributed by atoms with Crippen molar-refractivity contribution in [3.05, 3.63) is 48.0 Å². The molecule has 1 aliphatic heterocycles. The number of ether oxygens (including phenoxy) is 3. The molecular formula is C20H21N5O4S. The summed E-state index contributed by atoms with van der Waals surface area (Å²) in [5.41, 5.74) is 1.73. The third-order valence-electron chi connectivity index (χ3n) is 4.57. The number of nitrogens with one attached hydrogen (secondary N) is 1. The van der Waals surface area contributed by atoms with Crippen LogP contribution in [0.1, 0.15) is 12.5 Å². The number of fused-ring (bicyclic) bond motifs is 1. The van der Waals surface area contributed by atoms with Gasteiger partial charge in [0.2, 0.25) is 17.9 Å². The standard InChI is InChI=1S/C20H21N5O4S/c1-12(19(26)22-10-13-3-8-16-17(9-13)29-11-28-16)30-20-24-23-18(25(20)21)14-4-6-15(27-2)7-5-14/h3-9,12H,10-11,21H2,1-2H3,(H,22,26). The van der Waals surface area contributed by atoms with Crippen molar-refractivity contribution in [1.29, 1.82) is 0 Å². The predicted molar refractivity (Wildman–Crippen MR) is 112 cm³/mol. The molecule has 1 atom stereocenters. The Morgan fingerprint density at radius 3 is 2.77 bits per heavy atom. The molecule has 30 heavy (non-hydrogen) atoms. The lowest BCUT2D eigenvalue weighted by atomic mass is 10.2. The third-order valence-corrected chi connectivity index (χ3v) is 5.62. The van der Waals surface area contributed by atoms with Crippen LogP contribution in [0.2, 0.25) is 0 Å². The quantitative estimate of drug-likeness (QED) is 0.436. The van der Waals surface area contributed by atoms with Crippen molar-refractivity contribution in [3.63, 3.8) is 0 Å². The van der Waals surface area contributed by atoms with Crippen molar-refractivity contribution in [2.75, 3.05) is 19.7 Å². The lowest BCUT2D eigenvalue weighted by Crippen LogP contribution is -2.30. The molecule has 156 valence electrons. The van der Waals surface area contributed by atoms with Crippen LogP contribution in [0.25, 0.3) is 11.4 Å². The molecule has 3 aromatic rings. The van der Waals surface area contributed by atoms with E-state index in [9.17, 15) is 4.79 Å². The van der Waals surface area contributed by atoms with Crippen LogP contribution in [0.3, 0.4) is 0 Å². The van der Waals surface area contributed by atoms with E-state index in [4.69, 9.17) is 20.1 Å². The van der Waals surface area contributed by atoms with Crippen LogP contribution in [0.5, 0.6) is 17.2 Å². The van der Waals surface area contributed by atoms with Gasteiger partial charge >= 0.3 is 0 Å². The zero-order valence-corrected chi connectivity index (χ0v) is 17.3. The smallest absolute Gasteiger partial charge is 0.233 e. The van der Waals surface area contributed by atoms with Gasteiger partial charge in [-0.2, -0.15) is 0 Å². The zero-order chi connectivity index (χ0) is 21.1. The van der Waals surface area contributed by atoms with Crippen LogP contribution in [0.15, 0.2) is 47.6 Å². The summed E-state index contributed by atoms with van der Waals surface area (Å²) >= 11 is 1.24. The molecule has 9 nitrogen and oxygen atoms in total. The summed E-state index contributed by atoms with van der Waals surface area (Å²) in [6, 6.07) is 12.9. The fourth-order valence-electron chi connectivity index (χ4n) is 2.89. The third kappa shape index (κ3) is 4.13. The van der Waals surface area contributed by atoms with Crippen LogP contribution in [0.4, 0.5) is 0 Å². The average Bonchev–Trinajstić information content (AvgIpc) is 3.38. The molecule has 10 heteroatoms. The molecular weight excluding hydrogens is 406 g/mol. The fraction of sp³-hybridized carbons (Fsp3) is 0.250. The van der Waals surface area contributed by atoms with E-state index in [-0.39, 0.29) is 12.7 Å². The molecule has 0 spiro atoms. The summed E-state index contributed by atoms with van der Waals surface area (Å²) in [5.74, 6) is 8.67. The molecule has 0 aliphatic carbocycles. The highest BCUT2D eigenvalue weighted by atomic mass is 32.2. The number of benzene rings is 2. The number of nitrogen functional groups attached to an aromatic ring is 1. The minimum Gasteiger partial charge on any atom is -0.497 e. The zero-order valence-electron chi connectivity index (χ0n) is 16.5. The molecule has 2 heterocycles. The van der Waals surface area contributed by atoms with E-state index < -0.39 is 5.25 Å². The molecule has 0 bridgehead atoms. The molecule has 1 unspecified atom stereocenters. The second-order valence-corrected chi connectivity index (χ2v) is 7.88. The molecule has 1 aromatic heterocycles. The van der Waals surface area contributed by atoms with Crippen LogP contribution < -0.4 is 25.4 Å². The summed E-state index contributed by atoms with van der Waals surface area (Å²) in [4.78, 5) is 12.5. The topological polar surface area (TPSA) is 114 Å². The van der Waals surface area contributed by atoms with Gasteiger partial charge in [0.15, 0.2) is 17.3 Å². The van der Waals surface area contributed by atoms with Crippen molar-refractivity contribution < 1.29 is 19.0 Å². The Labute approximate surface area is 177 Å². The summed E-state index contributed by atoms with van der Waals surface area (Å²) in [6.07, 6.45) is 0. The van der Waals surface area contributed by atoms with Crippen molar-refractivity contribution in [1.82, 2.24) is 20.2 Å². The summed E-state index contributed by atoms with van der Waals surface area (Å²) in [5, 5.41) is 11.2. The van der Waals surface area contributed by atoms with E-state index in [1.54, 1.807) is 14.0 Å². The molecule has 1 aliphatic rings. The number of carbonyl (C=O) groups excluding carboxylic acids is 1. The molecule has 1 amide bonds. The first-order valence-corrected chi connectivity index (χ1v) is 10.1. The first-order chi connectivity index (χ1) is 14.5. The van der Waals surface area contributed by atoms with Crippen molar-refractivity contribution in [3.8, 4) is 28.6 Å². The maximum Gasteiger partial charge on any atom is 0.233 e. The number of hydrogen-bond acceptors (Lipinski definition) is 8. The van der Waals surface area contributed by atoms with E-state index in [1.165, 1.54) is 16.4 Å². The predicted octanol–water partition coefficient (Wildman–Crippen LogP) is 2.19. The van der Waals surface area contributed by atoms with E-state index in [0.717, 1.165) is 16.9 Å². The first-order valence-electron chi connectivity index (χ1n) is 9.23. The van der Waals surface area contributed by atoms with Gasteiger partial charge in [0.25, 0.3) is 0 Å². The first kappa shape index (κ1) is 19.9. The number of methoxy groups -OCH3 is 1. The SMILES string of the molecule is COc1ccc(-c2nnc(SC(C)C(=O)NCc3ccc4c(c3)OCO4)n2N)cc1. The highest BCUT2D eigenvalue weighted by molar-refractivity contribution is 8.00. The molecule has 4 rings (SSSR count). The number of amides is 1. The van der Waals surface area contributed by atoms with Gasteiger partial charge in [-0.25, -0.2) is 4.68 Å². The Morgan fingerprint density at radius 2 is 2.00 bits per heavy atom. The highest BCUT2D eigenvalue weighted by Crippen LogP contribution is 2.32. The molecule has 0 saturated heterocycles. The van der Waals surface area contributed by atoms with Gasteiger partial charge in [-0.15, -0.1) is 10.2 Å². The van der Waals surface area contributed by atoms with E-state index in [2.05, 4.69) is 15.5 Å². The van der Waals surface area contributed by atoms with Crippen LogP contribution in [-0.4, -0.2) is 39.9 Å². The second-order valence-electron chi connectivity index (χ2n) is 6.57. The summed E-state index contributed by atoms with van der Waals surface area (Å²) in [6.45, 7) is 2.39. The number of thioether (sulfide) groups is 1. The molecule has 3 N–H and O–H groups in total. The molecule has 0 saturated carbocycles. The number of nitrogens with two attached hydrogens (primary N) is 1. The van der Waals surface area contributed by atoms with Gasteiger partial charge in [-0.05, 0) is 48.9 Å². The van der Waals surface area contributed by atoms with Gasteiger partial charge in [0, 0.05) is 12.1 Å². The van der Waals surface area contributed by atoms with E-state index in [1.807, 2.05) is 42.5 Å². The maximum atomic E-state index is 12.5. The van der Waals surface area contributed by atoms with Gasteiger partial charge in [-0.3, -0.25) is 4.79 Å². The van der Waals surface area contributed by atoms with E-state index >= 15 is 0 Å². The molecule has 0 fully saturated rings. The molecule has 2 aromatic carbocycles. The van der Waals surface area contributed by atoms with Crippen molar-refractivity contribution in [2.45, 2.75) is 23.9 Å². The molecule has 0 radical (unpaired) electrons. The lowest BCUT2D eigenvalue weighted by Gasteiger charge is -2.12. The number of nitrogens with zero attached hydrogens (tertiary/aromatic N) is 3. The fourth-order valence-corrected chi connectivity index (χ4v) is 3.68. The number of aromatic nitrogens is 3. The Hall–Kier alpha value is -3.40. The van der Waals surface area contributed by atoms with Gasteiger partial charge in [0.05, 0.1) is 12.4 Å². The Balaban J connectivity index is 1.36. The Morgan fingerprint density at radius 1 is 1.23 bits per heavy atom. The maximum absolute atomic E-state index is 12.5. The normalized spacial score (nSPS) is 13.1. The van der Waals surface area contributed by atoms with Crippen LogP contribution >= 0.6 is 11.8 Å². The van der Waals surface area contributed by atoms with Crippen LogP contribution in [-0.2, 0) is 11.3 Å². The van der Waals surface area contributed by atoms with E-state index in [0.29, 0.717) is 29.0 Å². The number of carbonyl (C=O) groups is 1. The Bertz CT molecular complexity index is 1050. The summed E-state index contributed by atoms with van der Waals surface area (Å²) in [7, 11) is 1.61. The van der Waals surface area contributed by atoms with Gasteiger partial charge < -0.3 is 25.4 Å². The van der Waals surface area contributed by atoms with Crippen molar-refractivity contribution >= 4 is 17.7 Å².